The van der Waals surface area contributed by atoms with Gasteiger partial charge in [0.25, 0.3) is 5.91 Å². The lowest BCUT2D eigenvalue weighted by Crippen LogP contribution is -2.45. The van der Waals surface area contributed by atoms with E-state index in [9.17, 15) is 9.59 Å². The number of anilines is 1. The molecule has 2 aliphatic heterocycles. The summed E-state index contributed by atoms with van der Waals surface area (Å²) in [6.07, 6.45) is 10.3. The van der Waals surface area contributed by atoms with E-state index < -0.39 is 6.10 Å². The predicted octanol–water partition coefficient (Wildman–Crippen LogP) is 1.45. The molecule has 8 nitrogen and oxygen atoms in total. The number of hydrogen-bond acceptors (Lipinski definition) is 6. The van der Waals surface area contributed by atoms with Crippen LogP contribution in [-0.4, -0.2) is 57.0 Å². The molecule has 1 N–H and O–H groups in total. The molecule has 2 amide bonds. The fraction of sp³-hybridized carbons (Fsp3) is 0.450. The Morgan fingerprint density at radius 3 is 2.86 bits per heavy atom. The highest BCUT2D eigenvalue weighted by Gasteiger charge is 2.42. The summed E-state index contributed by atoms with van der Waals surface area (Å²) < 4.78 is 6.00. The van der Waals surface area contributed by atoms with Gasteiger partial charge in [0.2, 0.25) is 5.91 Å². The van der Waals surface area contributed by atoms with Crippen molar-refractivity contribution in [3.63, 3.8) is 0 Å². The number of amides is 2. The molecule has 2 aliphatic rings. The topological polar surface area (TPSA) is 97.3 Å². The number of carbonyl (C=O) groups is 2. The fourth-order valence-electron chi connectivity index (χ4n) is 3.85. The number of rotatable bonds is 5. The Morgan fingerprint density at radius 1 is 1.21 bits per heavy atom. The van der Waals surface area contributed by atoms with Crippen molar-refractivity contribution in [1.82, 2.24) is 19.9 Å². The van der Waals surface area contributed by atoms with Gasteiger partial charge in [0.15, 0.2) is 0 Å². The highest BCUT2D eigenvalue weighted by molar-refractivity contribution is 5.94. The normalized spacial score (nSPS) is 23.9. The van der Waals surface area contributed by atoms with Crippen LogP contribution in [-0.2, 0) is 20.7 Å². The van der Waals surface area contributed by atoms with Crippen molar-refractivity contribution < 1.29 is 14.3 Å². The number of aryl methyl sites for hydroxylation is 1. The van der Waals surface area contributed by atoms with Gasteiger partial charge in [0.05, 0.1) is 18.0 Å². The first-order valence-corrected chi connectivity index (χ1v) is 9.57. The molecule has 0 unspecified atom stereocenters. The van der Waals surface area contributed by atoms with Crippen LogP contribution in [0, 0.1) is 5.92 Å². The fourth-order valence-corrected chi connectivity index (χ4v) is 3.85. The molecule has 28 heavy (non-hydrogen) atoms. The minimum atomic E-state index is -0.480. The second-order valence-electron chi connectivity index (χ2n) is 7.27. The van der Waals surface area contributed by atoms with Gasteiger partial charge in [-0.15, -0.1) is 0 Å². The van der Waals surface area contributed by atoms with Crippen molar-refractivity contribution in [3.8, 4) is 0 Å². The predicted molar refractivity (Wildman–Crippen MR) is 101 cm³/mol. The van der Waals surface area contributed by atoms with Gasteiger partial charge in [0, 0.05) is 38.1 Å². The highest BCUT2D eigenvalue weighted by Crippen LogP contribution is 2.34. The molecule has 0 bridgehead atoms. The molecule has 4 heterocycles. The van der Waals surface area contributed by atoms with E-state index in [1.54, 1.807) is 36.9 Å². The highest BCUT2D eigenvalue weighted by atomic mass is 16.5. The number of hydrogen-bond donors (Lipinski definition) is 1. The average Bonchev–Trinajstić information content (AvgIpc) is 3.17. The van der Waals surface area contributed by atoms with Gasteiger partial charge in [-0.05, 0) is 42.9 Å². The number of pyridine rings is 1. The monoisotopic (exact) mass is 381 g/mol. The lowest BCUT2D eigenvalue weighted by Gasteiger charge is -2.34. The molecule has 0 aliphatic carbocycles. The molecule has 0 radical (unpaired) electrons. The zero-order valence-corrected chi connectivity index (χ0v) is 15.5. The van der Waals surface area contributed by atoms with Crippen LogP contribution in [0.4, 0.5) is 5.69 Å². The summed E-state index contributed by atoms with van der Waals surface area (Å²) in [7, 11) is 0. The van der Waals surface area contributed by atoms with Crippen LogP contribution in [0.15, 0.2) is 43.2 Å². The second-order valence-corrected chi connectivity index (χ2v) is 7.27. The summed E-state index contributed by atoms with van der Waals surface area (Å²) in [5, 5.41) is 2.85. The summed E-state index contributed by atoms with van der Waals surface area (Å²) in [6.45, 7) is 1.26. The lowest BCUT2D eigenvalue weighted by atomic mass is 9.91. The van der Waals surface area contributed by atoms with Gasteiger partial charge in [-0.1, -0.05) is 0 Å². The molecule has 3 atom stereocenters. The van der Waals surface area contributed by atoms with Crippen molar-refractivity contribution in [3.05, 3.63) is 48.8 Å². The Hall–Kier alpha value is -2.87. The molecule has 2 aromatic heterocycles. The number of likely N-dealkylation sites (tertiary alicyclic amines) is 1. The average molecular weight is 381 g/mol. The van der Waals surface area contributed by atoms with Crippen LogP contribution >= 0.6 is 0 Å². The molecule has 2 saturated heterocycles. The number of piperidine rings is 1. The summed E-state index contributed by atoms with van der Waals surface area (Å²) in [4.78, 5) is 38.8. The Kier molecular flexibility index (Phi) is 5.57. The number of aromatic nitrogens is 3. The van der Waals surface area contributed by atoms with Crippen LogP contribution in [0.25, 0.3) is 0 Å². The maximum Gasteiger partial charge on any atom is 0.253 e. The second kappa shape index (κ2) is 8.43. The molecule has 2 aromatic rings. The number of fused-ring (bicyclic) bond motifs is 1. The van der Waals surface area contributed by atoms with Gasteiger partial charge in [-0.2, -0.15) is 0 Å². The van der Waals surface area contributed by atoms with Gasteiger partial charge in [0.1, 0.15) is 12.4 Å². The van der Waals surface area contributed by atoms with E-state index in [1.165, 1.54) is 6.33 Å². The number of ether oxygens (including phenoxy) is 1. The Morgan fingerprint density at radius 2 is 2.07 bits per heavy atom. The molecule has 0 spiro atoms. The Bertz CT molecular complexity index is 817. The smallest absolute Gasteiger partial charge is 0.253 e. The quantitative estimate of drug-likeness (QED) is 0.842. The largest absolute Gasteiger partial charge is 0.363 e. The van der Waals surface area contributed by atoms with E-state index >= 15 is 0 Å². The van der Waals surface area contributed by atoms with Crippen LogP contribution in [0.5, 0.6) is 0 Å². The number of nitrogens with one attached hydrogen (secondary N) is 1. The van der Waals surface area contributed by atoms with Crippen molar-refractivity contribution in [2.75, 3.05) is 18.4 Å². The molecule has 0 saturated carbocycles. The van der Waals surface area contributed by atoms with Gasteiger partial charge < -0.3 is 15.0 Å². The zero-order chi connectivity index (χ0) is 19.3. The van der Waals surface area contributed by atoms with E-state index in [2.05, 4.69) is 20.3 Å². The van der Waals surface area contributed by atoms with Gasteiger partial charge in [-0.3, -0.25) is 14.6 Å². The van der Waals surface area contributed by atoms with Crippen LogP contribution in [0.2, 0.25) is 0 Å². The Balaban J connectivity index is 1.28. The summed E-state index contributed by atoms with van der Waals surface area (Å²) in [5.74, 6) is 0.273. The van der Waals surface area contributed by atoms with E-state index in [0.717, 1.165) is 12.0 Å². The molecule has 4 rings (SSSR count). The summed E-state index contributed by atoms with van der Waals surface area (Å²) >= 11 is 0. The first-order chi connectivity index (χ1) is 13.7. The third-order valence-corrected chi connectivity index (χ3v) is 5.37. The number of nitrogens with zero attached hydrogens (tertiary/aromatic N) is 4. The standard InChI is InChI=1S/C20H23N5O3/c26-19(4-3-14-9-22-13-23-10-14)25-7-5-15-8-17(28-18(15)12-25)20(27)24-16-2-1-6-21-11-16/h1-2,6,9-11,13,15,17-18H,3-5,7-8,12H2,(H,24,27)/t15-,17+,18-/m0/s1. The molecule has 8 heteroatoms. The summed E-state index contributed by atoms with van der Waals surface area (Å²) in [5.41, 5.74) is 1.61. The molecular weight excluding hydrogens is 358 g/mol. The van der Waals surface area contributed by atoms with E-state index in [-0.39, 0.29) is 17.9 Å². The number of carbonyl (C=O) groups excluding carboxylic acids is 2. The minimum Gasteiger partial charge on any atom is -0.363 e. The van der Waals surface area contributed by atoms with E-state index in [4.69, 9.17) is 4.74 Å². The van der Waals surface area contributed by atoms with Crippen LogP contribution < -0.4 is 5.32 Å². The van der Waals surface area contributed by atoms with Gasteiger partial charge >= 0.3 is 0 Å². The first kappa shape index (κ1) is 18.5. The zero-order valence-electron chi connectivity index (χ0n) is 15.5. The minimum absolute atomic E-state index is 0.0811. The third-order valence-electron chi connectivity index (χ3n) is 5.37. The maximum atomic E-state index is 12.6. The van der Waals surface area contributed by atoms with Crippen molar-refractivity contribution in [1.29, 1.82) is 0 Å². The maximum absolute atomic E-state index is 12.6. The third kappa shape index (κ3) is 4.33. The molecule has 0 aromatic carbocycles. The Labute approximate surface area is 163 Å². The van der Waals surface area contributed by atoms with E-state index in [1.807, 2.05) is 4.90 Å². The van der Waals surface area contributed by atoms with Gasteiger partial charge in [-0.25, -0.2) is 9.97 Å². The van der Waals surface area contributed by atoms with Crippen molar-refractivity contribution in [2.24, 2.45) is 5.92 Å². The van der Waals surface area contributed by atoms with Crippen LogP contribution in [0.3, 0.4) is 0 Å². The van der Waals surface area contributed by atoms with Crippen molar-refractivity contribution >= 4 is 17.5 Å². The van der Waals surface area contributed by atoms with E-state index in [0.29, 0.717) is 44.0 Å². The van der Waals surface area contributed by atoms with Crippen LogP contribution in [0.1, 0.15) is 24.8 Å². The molecule has 146 valence electrons. The molecule has 2 fully saturated rings. The lowest BCUT2D eigenvalue weighted by molar-refractivity contribution is -0.136. The SMILES string of the molecule is O=C(Nc1cccnc1)[C@H]1C[C@@H]2CCN(C(=O)CCc3cncnc3)C[C@@H]2O1. The van der Waals surface area contributed by atoms with Crippen molar-refractivity contribution in [2.45, 2.75) is 37.9 Å². The molecular formula is C20H23N5O3. The summed E-state index contributed by atoms with van der Waals surface area (Å²) in [6, 6.07) is 3.57. The first-order valence-electron chi connectivity index (χ1n) is 9.57.